The minimum atomic E-state index is 0.599. The van der Waals surface area contributed by atoms with Crippen molar-refractivity contribution >= 4 is 22.4 Å². The highest BCUT2D eigenvalue weighted by Gasteiger charge is 2.27. The zero-order valence-electron chi connectivity index (χ0n) is 16.4. The minimum absolute atomic E-state index is 0.599. The summed E-state index contributed by atoms with van der Waals surface area (Å²) in [6.45, 7) is 7.22. The summed E-state index contributed by atoms with van der Waals surface area (Å²) < 4.78 is 0. The van der Waals surface area contributed by atoms with E-state index >= 15 is 0 Å². The Morgan fingerprint density at radius 3 is 2.63 bits per heavy atom. The van der Waals surface area contributed by atoms with Gasteiger partial charge < -0.3 is 15.5 Å². The van der Waals surface area contributed by atoms with E-state index in [-0.39, 0.29) is 0 Å². The van der Waals surface area contributed by atoms with Gasteiger partial charge in [0.2, 0.25) is 0 Å². The van der Waals surface area contributed by atoms with Crippen molar-refractivity contribution in [2.24, 2.45) is 16.6 Å². The number of likely N-dealkylation sites (tertiary alicyclic amines) is 1. The minimum Gasteiger partial charge on any atom is -0.370 e. The number of anilines is 1. The number of piperazine rings is 1. The number of aliphatic imine (C=N–C) groups is 1. The predicted molar refractivity (Wildman–Crippen MR) is 114 cm³/mol. The third kappa shape index (κ3) is 4.93. The highest BCUT2D eigenvalue weighted by molar-refractivity contribution is 7.13. The average Bonchev–Trinajstić information content (AvgIpc) is 3.39. The lowest BCUT2D eigenvalue weighted by Gasteiger charge is -2.35. The smallest absolute Gasteiger partial charge is 0.191 e. The zero-order valence-corrected chi connectivity index (χ0v) is 17.2. The monoisotopic (exact) mass is 390 g/mol. The van der Waals surface area contributed by atoms with Gasteiger partial charge in [-0.05, 0) is 38.1 Å². The summed E-state index contributed by atoms with van der Waals surface area (Å²) in [5.74, 6) is 1.65. The van der Waals surface area contributed by atoms with Crippen LogP contribution in [0, 0.1) is 5.92 Å². The normalized spacial score (nSPS) is 26.1. The number of thiazole rings is 1. The van der Waals surface area contributed by atoms with E-state index in [9.17, 15) is 0 Å². The molecule has 1 aromatic heterocycles. The van der Waals surface area contributed by atoms with Gasteiger partial charge in [-0.2, -0.15) is 0 Å². The molecule has 1 saturated carbocycles. The number of hydrogen-bond acceptors (Lipinski definition) is 5. The van der Waals surface area contributed by atoms with Crippen molar-refractivity contribution in [3.8, 4) is 0 Å². The van der Waals surface area contributed by atoms with E-state index in [1.165, 1.54) is 58.0 Å². The third-order valence-corrected chi connectivity index (χ3v) is 7.31. The molecule has 0 amide bonds. The van der Waals surface area contributed by atoms with Crippen molar-refractivity contribution in [1.82, 2.24) is 14.8 Å². The van der Waals surface area contributed by atoms with Crippen molar-refractivity contribution in [3.05, 3.63) is 11.6 Å². The summed E-state index contributed by atoms with van der Waals surface area (Å²) in [4.78, 5) is 16.5. The maximum absolute atomic E-state index is 6.35. The van der Waals surface area contributed by atoms with E-state index in [2.05, 4.69) is 19.7 Å². The zero-order chi connectivity index (χ0) is 18.5. The first kappa shape index (κ1) is 19.0. The molecule has 0 radical (unpaired) electrons. The molecule has 0 bridgehead atoms. The molecular weight excluding hydrogens is 356 g/mol. The van der Waals surface area contributed by atoms with Crippen molar-refractivity contribution in [3.63, 3.8) is 0 Å². The largest absolute Gasteiger partial charge is 0.370 e. The molecule has 1 aromatic rings. The molecule has 2 saturated heterocycles. The number of nitrogens with two attached hydrogens (primary N) is 1. The summed E-state index contributed by atoms with van der Waals surface area (Å²) in [7, 11) is 0. The summed E-state index contributed by atoms with van der Waals surface area (Å²) >= 11 is 1.71. The molecule has 0 spiro atoms. The molecular formula is C20H34N6S. The van der Waals surface area contributed by atoms with E-state index < -0.39 is 0 Å². The van der Waals surface area contributed by atoms with Crippen LogP contribution in [0.3, 0.4) is 0 Å². The molecule has 3 aliphatic rings. The molecule has 6 nitrogen and oxygen atoms in total. The second kappa shape index (κ2) is 9.24. The molecule has 1 unspecified atom stereocenters. The van der Waals surface area contributed by atoms with E-state index in [1.54, 1.807) is 11.3 Å². The summed E-state index contributed by atoms with van der Waals surface area (Å²) in [5, 5.41) is 3.16. The molecule has 0 aromatic carbocycles. The molecule has 2 aliphatic heterocycles. The van der Waals surface area contributed by atoms with E-state index in [1.807, 2.05) is 11.6 Å². The number of hydrogen-bond donors (Lipinski definition) is 1. The lowest BCUT2D eigenvalue weighted by Crippen LogP contribution is -2.51. The molecule has 3 heterocycles. The van der Waals surface area contributed by atoms with Crippen LogP contribution < -0.4 is 10.6 Å². The predicted octanol–water partition coefficient (Wildman–Crippen LogP) is 2.62. The maximum Gasteiger partial charge on any atom is 0.191 e. The average molecular weight is 391 g/mol. The molecule has 1 aliphatic carbocycles. The second-order valence-electron chi connectivity index (χ2n) is 8.28. The lowest BCUT2D eigenvalue weighted by molar-refractivity contribution is 0.190. The van der Waals surface area contributed by atoms with Crippen molar-refractivity contribution in [2.45, 2.75) is 51.0 Å². The topological polar surface area (TPSA) is 61.0 Å². The molecule has 4 rings (SSSR count). The number of aromatic nitrogens is 1. The fourth-order valence-electron chi connectivity index (χ4n) is 4.84. The summed E-state index contributed by atoms with van der Waals surface area (Å²) in [6.07, 6.45) is 11.6. The van der Waals surface area contributed by atoms with Crippen molar-refractivity contribution in [2.75, 3.05) is 50.7 Å². The lowest BCUT2D eigenvalue weighted by atomic mass is 9.89. The summed E-state index contributed by atoms with van der Waals surface area (Å²) in [6, 6.07) is 0.599. The first-order valence-corrected chi connectivity index (χ1v) is 11.6. The second-order valence-corrected chi connectivity index (χ2v) is 9.16. The van der Waals surface area contributed by atoms with E-state index in [4.69, 9.17) is 10.7 Å². The third-order valence-electron chi connectivity index (χ3n) is 6.47. The fraction of sp³-hybridized carbons (Fsp3) is 0.800. The molecule has 27 heavy (non-hydrogen) atoms. The van der Waals surface area contributed by atoms with Crippen molar-refractivity contribution in [1.29, 1.82) is 0 Å². The van der Waals surface area contributed by atoms with Gasteiger partial charge in [-0.1, -0.05) is 19.3 Å². The fourth-order valence-corrected chi connectivity index (χ4v) is 5.54. The van der Waals surface area contributed by atoms with Gasteiger partial charge in [0.15, 0.2) is 11.1 Å². The van der Waals surface area contributed by atoms with Crippen LogP contribution in [0.15, 0.2) is 16.6 Å². The molecule has 3 fully saturated rings. The van der Waals surface area contributed by atoms with Crippen LogP contribution in [0.4, 0.5) is 5.13 Å². The van der Waals surface area contributed by atoms with Gasteiger partial charge in [0.1, 0.15) is 0 Å². The van der Waals surface area contributed by atoms with Crippen LogP contribution in [0.1, 0.15) is 44.9 Å². The van der Waals surface area contributed by atoms with Gasteiger partial charge >= 0.3 is 0 Å². The number of rotatable bonds is 5. The maximum atomic E-state index is 6.35. The Hall–Kier alpha value is -1.34. The Morgan fingerprint density at radius 1 is 1.07 bits per heavy atom. The van der Waals surface area contributed by atoms with Gasteiger partial charge in [0.05, 0.1) is 6.54 Å². The Balaban J connectivity index is 1.24. The molecule has 7 heteroatoms. The first-order chi connectivity index (χ1) is 13.3. The highest BCUT2D eigenvalue weighted by atomic mass is 32.1. The van der Waals surface area contributed by atoms with Gasteiger partial charge in [-0.3, -0.25) is 9.89 Å². The van der Waals surface area contributed by atoms with Crippen LogP contribution in [0.5, 0.6) is 0 Å². The Morgan fingerprint density at radius 2 is 1.89 bits per heavy atom. The quantitative estimate of drug-likeness (QED) is 0.619. The number of nitrogens with zero attached hydrogens (tertiary/aromatic N) is 5. The van der Waals surface area contributed by atoms with Crippen LogP contribution in [0.2, 0.25) is 0 Å². The van der Waals surface area contributed by atoms with Crippen LogP contribution >= 0.6 is 11.3 Å². The Bertz CT molecular complexity index is 590. The Labute approximate surface area is 167 Å². The van der Waals surface area contributed by atoms with Crippen LogP contribution in [-0.2, 0) is 0 Å². The molecule has 1 atom stereocenters. The van der Waals surface area contributed by atoms with Gasteiger partial charge in [-0.25, -0.2) is 4.98 Å². The van der Waals surface area contributed by atoms with Crippen LogP contribution in [-0.4, -0.2) is 72.6 Å². The first-order valence-electron chi connectivity index (χ1n) is 10.7. The standard InChI is InChI=1S/C20H34N6S/c21-19(24-10-12-25(13-11-24)20-22-8-14-27-20)23-15-18-7-4-9-26(18)16-17-5-2-1-3-6-17/h8,14,17-18H,1-7,9-13,15-16H2,(H2,21,23). The SMILES string of the molecule is NC(=NCC1CCCN1CC1CCCCC1)N1CCN(c2nccs2)CC1. The van der Waals surface area contributed by atoms with Gasteiger partial charge in [0, 0.05) is 50.3 Å². The Kier molecular flexibility index (Phi) is 6.50. The van der Waals surface area contributed by atoms with Crippen molar-refractivity contribution < 1.29 is 0 Å². The molecule has 150 valence electrons. The molecule has 2 N–H and O–H groups in total. The summed E-state index contributed by atoms with van der Waals surface area (Å²) in [5.41, 5.74) is 6.35. The highest BCUT2D eigenvalue weighted by Crippen LogP contribution is 2.27. The van der Waals surface area contributed by atoms with Gasteiger partial charge in [-0.15, -0.1) is 11.3 Å². The van der Waals surface area contributed by atoms with Crippen LogP contribution in [0.25, 0.3) is 0 Å². The van der Waals surface area contributed by atoms with Gasteiger partial charge in [0.25, 0.3) is 0 Å². The van der Waals surface area contributed by atoms with E-state index in [0.717, 1.165) is 49.7 Å². The number of guanidine groups is 1. The van der Waals surface area contributed by atoms with E-state index in [0.29, 0.717) is 6.04 Å².